The van der Waals surface area contributed by atoms with Crippen LogP contribution in [0.4, 0.5) is 5.00 Å². The Morgan fingerprint density at radius 2 is 2.20 bits per heavy atom. The third kappa shape index (κ3) is 2.55. The lowest BCUT2D eigenvalue weighted by molar-refractivity contribution is 0.0697. The first-order valence-electron chi connectivity index (χ1n) is 5.57. The minimum absolute atomic E-state index is 0.0418. The van der Waals surface area contributed by atoms with Crippen molar-refractivity contribution in [3.63, 3.8) is 0 Å². The van der Waals surface area contributed by atoms with Gasteiger partial charge in [-0.05, 0) is 18.5 Å². The standard InChI is InChI=1S/C11H12N4O3S2/c1-5-8(11(17)18)10(20-14-5)15(2)9(16)6-4-19-7(3-12)13-6/h4H,3,12H2,1-2H3,(H,17,18). The fraction of sp³-hybridized carbons (Fsp3) is 0.273. The van der Waals surface area contributed by atoms with Crippen molar-refractivity contribution < 1.29 is 14.7 Å². The zero-order valence-corrected chi connectivity index (χ0v) is 12.4. The maximum Gasteiger partial charge on any atom is 0.340 e. The summed E-state index contributed by atoms with van der Waals surface area (Å²) in [6, 6.07) is 0. The molecule has 0 atom stereocenters. The monoisotopic (exact) mass is 312 g/mol. The number of aryl methyl sites for hydroxylation is 1. The summed E-state index contributed by atoms with van der Waals surface area (Å²) in [4.78, 5) is 28.8. The second-order valence-corrected chi connectivity index (χ2v) is 5.64. The molecule has 0 unspecified atom stereocenters. The van der Waals surface area contributed by atoms with Crippen LogP contribution in [-0.4, -0.2) is 33.4 Å². The van der Waals surface area contributed by atoms with Crippen molar-refractivity contribution in [2.75, 3.05) is 11.9 Å². The van der Waals surface area contributed by atoms with Crippen LogP contribution in [0.1, 0.15) is 31.5 Å². The maximum atomic E-state index is 12.3. The number of anilines is 1. The smallest absolute Gasteiger partial charge is 0.340 e. The molecule has 0 aliphatic rings. The van der Waals surface area contributed by atoms with E-state index in [-0.39, 0.29) is 23.7 Å². The Kier molecular flexibility index (Phi) is 4.12. The molecule has 0 aliphatic carbocycles. The van der Waals surface area contributed by atoms with E-state index in [1.165, 1.54) is 23.3 Å². The maximum absolute atomic E-state index is 12.3. The average molecular weight is 312 g/mol. The van der Waals surface area contributed by atoms with Gasteiger partial charge in [-0.25, -0.2) is 9.78 Å². The Labute approximate surface area is 122 Å². The van der Waals surface area contributed by atoms with Gasteiger partial charge in [-0.1, -0.05) is 0 Å². The highest BCUT2D eigenvalue weighted by molar-refractivity contribution is 7.11. The van der Waals surface area contributed by atoms with Crippen molar-refractivity contribution in [3.8, 4) is 0 Å². The molecule has 20 heavy (non-hydrogen) atoms. The van der Waals surface area contributed by atoms with E-state index >= 15 is 0 Å². The van der Waals surface area contributed by atoms with Crippen LogP contribution >= 0.6 is 22.9 Å². The van der Waals surface area contributed by atoms with Gasteiger partial charge in [-0.15, -0.1) is 11.3 Å². The lowest BCUT2D eigenvalue weighted by Gasteiger charge is -2.14. The van der Waals surface area contributed by atoms with Gasteiger partial charge >= 0.3 is 5.97 Å². The van der Waals surface area contributed by atoms with Gasteiger partial charge in [0.2, 0.25) is 0 Å². The molecule has 0 aliphatic heterocycles. The Morgan fingerprint density at radius 3 is 2.75 bits per heavy atom. The minimum Gasteiger partial charge on any atom is -0.478 e. The van der Waals surface area contributed by atoms with E-state index in [9.17, 15) is 14.7 Å². The van der Waals surface area contributed by atoms with Gasteiger partial charge in [0, 0.05) is 19.0 Å². The zero-order valence-electron chi connectivity index (χ0n) is 10.8. The van der Waals surface area contributed by atoms with Gasteiger partial charge in [0.05, 0.1) is 5.69 Å². The summed E-state index contributed by atoms with van der Waals surface area (Å²) in [7, 11) is 1.50. The number of thiazole rings is 1. The van der Waals surface area contributed by atoms with Crippen molar-refractivity contribution in [2.45, 2.75) is 13.5 Å². The molecule has 1 amide bonds. The Morgan fingerprint density at radius 1 is 1.50 bits per heavy atom. The highest BCUT2D eigenvalue weighted by atomic mass is 32.1. The summed E-state index contributed by atoms with van der Waals surface area (Å²) in [6.07, 6.45) is 0. The van der Waals surface area contributed by atoms with E-state index in [1.807, 2.05) is 0 Å². The fourth-order valence-corrected chi connectivity index (χ4v) is 3.09. The number of rotatable bonds is 4. The van der Waals surface area contributed by atoms with E-state index < -0.39 is 5.97 Å². The van der Waals surface area contributed by atoms with E-state index in [0.717, 1.165) is 11.5 Å². The molecule has 2 rings (SSSR count). The van der Waals surface area contributed by atoms with Crippen molar-refractivity contribution in [1.29, 1.82) is 0 Å². The molecule has 0 saturated carbocycles. The lowest BCUT2D eigenvalue weighted by atomic mass is 10.2. The van der Waals surface area contributed by atoms with Crippen LogP contribution in [0.5, 0.6) is 0 Å². The Hall–Kier alpha value is -1.84. The second-order valence-electron chi connectivity index (χ2n) is 3.95. The predicted octanol–water partition coefficient (Wildman–Crippen LogP) is 1.34. The molecule has 0 bridgehead atoms. The number of amides is 1. The van der Waals surface area contributed by atoms with Crippen LogP contribution in [-0.2, 0) is 6.54 Å². The number of aromatic carboxylic acids is 1. The molecular weight excluding hydrogens is 300 g/mol. The topological polar surface area (TPSA) is 109 Å². The number of carbonyl (C=O) groups is 2. The van der Waals surface area contributed by atoms with Gasteiger partial charge in [-0.2, -0.15) is 4.37 Å². The third-order valence-corrected chi connectivity index (χ3v) is 4.50. The number of carboxylic acids is 1. The summed E-state index contributed by atoms with van der Waals surface area (Å²) >= 11 is 2.27. The van der Waals surface area contributed by atoms with Gasteiger partial charge < -0.3 is 10.8 Å². The molecule has 0 radical (unpaired) electrons. The van der Waals surface area contributed by atoms with E-state index in [1.54, 1.807) is 12.3 Å². The van der Waals surface area contributed by atoms with Gasteiger partial charge in [0.15, 0.2) is 0 Å². The molecule has 2 aromatic rings. The summed E-state index contributed by atoms with van der Waals surface area (Å²) in [5.74, 6) is -1.49. The predicted molar refractivity (Wildman–Crippen MR) is 76.5 cm³/mol. The van der Waals surface area contributed by atoms with Crippen molar-refractivity contribution >= 4 is 39.7 Å². The summed E-state index contributed by atoms with van der Waals surface area (Å²) in [6.45, 7) is 1.86. The number of carbonyl (C=O) groups excluding carboxylic acids is 1. The highest BCUT2D eigenvalue weighted by Gasteiger charge is 2.25. The number of hydrogen-bond acceptors (Lipinski definition) is 7. The van der Waals surface area contributed by atoms with Crippen molar-refractivity contribution in [2.24, 2.45) is 5.73 Å². The molecule has 2 heterocycles. The Balaban J connectivity index is 2.33. The fourth-order valence-electron chi connectivity index (χ4n) is 1.60. The highest BCUT2D eigenvalue weighted by Crippen LogP contribution is 2.29. The molecule has 0 aromatic carbocycles. The molecule has 106 valence electrons. The largest absolute Gasteiger partial charge is 0.478 e. The minimum atomic E-state index is -1.10. The molecule has 0 saturated heterocycles. The Bertz CT molecular complexity index is 664. The number of aromatic nitrogens is 2. The van der Waals surface area contributed by atoms with Gasteiger partial charge in [0.1, 0.15) is 21.3 Å². The first-order chi connectivity index (χ1) is 9.45. The molecular formula is C11H12N4O3S2. The van der Waals surface area contributed by atoms with Crippen molar-refractivity contribution in [1.82, 2.24) is 9.36 Å². The molecule has 9 heteroatoms. The van der Waals surface area contributed by atoms with Gasteiger partial charge in [-0.3, -0.25) is 9.69 Å². The molecule has 0 fully saturated rings. The average Bonchev–Trinajstić information content (AvgIpc) is 3.03. The summed E-state index contributed by atoms with van der Waals surface area (Å²) in [5, 5.41) is 11.7. The van der Waals surface area contributed by atoms with E-state index in [0.29, 0.717) is 15.7 Å². The summed E-state index contributed by atoms with van der Waals surface area (Å²) < 4.78 is 3.99. The zero-order chi connectivity index (χ0) is 14.9. The van der Waals surface area contributed by atoms with Crippen LogP contribution in [0, 0.1) is 6.92 Å². The molecule has 3 N–H and O–H groups in total. The number of carboxylic acid groups (broad SMARTS) is 1. The molecule has 2 aromatic heterocycles. The van der Waals surface area contributed by atoms with E-state index in [4.69, 9.17) is 5.73 Å². The first-order valence-corrected chi connectivity index (χ1v) is 7.23. The van der Waals surface area contributed by atoms with Crippen LogP contribution in [0.15, 0.2) is 5.38 Å². The molecule has 0 spiro atoms. The first kappa shape index (κ1) is 14.6. The van der Waals surface area contributed by atoms with Crippen LogP contribution in [0.3, 0.4) is 0 Å². The SMILES string of the molecule is Cc1nsc(N(C)C(=O)c2csc(CN)n2)c1C(=O)O. The number of nitrogens with two attached hydrogens (primary N) is 1. The molecule has 7 nitrogen and oxygen atoms in total. The van der Waals surface area contributed by atoms with Crippen LogP contribution in [0.25, 0.3) is 0 Å². The quantitative estimate of drug-likeness (QED) is 0.881. The summed E-state index contributed by atoms with van der Waals surface area (Å²) in [5.41, 5.74) is 6.13. The lowest BCUT2D eigenvalue weighted by Crippen LogP contribution is -2.27. The van der Waals surface area contributed by atoms with E-state index in [2.05, 4.69) is 9.36 Å². The number of hydrogen-bond donors (Lipinski definition) is 2. The normalized spacial score (nSPS) is 10.6. The second kappa shape index (κ2) is 5.65. The third-order valence-electron chi connectivity index (χ3n) is 2.61. The number of nitrogens with zero attached hydrogens (tertiary/aromatic N) is 3. The van der Waals surface area contributed by atoms with Crippen molar-refractivity contribution in [3.05, 3.63) is 27.3 Å². The van der Waals surface area contributed by atoms with Crippen LogP contribution in [0.2, 0.25) is 0 Å². The van der Waals surface area contributed by atoms with Crippen LogP contribution < -0.4 is 10.6 Å². The van der Waals surface area contributed by atoms with Gasteiger partial charge in [0.25, 0.3) is 5.91 Å².